The fourth-order valence-electron chi connectivity index (χ4n) is 1.72. The van der Waals surface area contributed by atoms with Crippen molar-refractivity contribution in [2.45, 2.75) is 32.2 Å². The largest absolute Gasteiger partial charge is 0.394 e. The number of nitrogens with zero attached hydrogens (tertiary/aromatic N) is 1. The lowest BCUT2D eigenvalue weighted by Gasteiger charge is -2.34. The summed E-state index contributed by atoms with van der Waals surface area (Å²) in [6.07, 6.45) is 1.67. The summed E-state index contributed by atoms with van der Waals surface area (Å²) in [6, 6.07) is 0. The van der Waals surface area contributed by atoms with E-state index in [1.165, 1.54) is 0 Å². The van der Waals surface area contributed by atoms with Crippen molar-refractivity contribution in [1.29, 1.82) is 0 Å². The molecule has 4 nitrogen and oxygen atoms in total. The monoisotopic (exact) mass is 214 g/mol. The van der Waals surface area contributed by atoms with Gasteiger partial charge in [-0.2, -0.15) is 0 Å². The minimum Gasteiger partial charge on any atom is -0.394 e. The van der Waals surface area contributed by atoms with Gasteiger partial charge < -0.3 is 15.3 Å². The second-order valence-corrected chi connectivity index (χ2v) is 4.99. The van der Waals surface area contributed by atoms with E-state index in [1.54, 1.807) is 11.9 Å². The number of aliphatic hydroxyl groups excluding tert-OH is 1. The molecule has 1 amide bonds. The quantitative estimate of drug-likeness (QED) is 0.703. The number of aliphatic hydroxyl groups is 1. The first-order valence-electron chi connectivity index (χ1n) is 5.55. The van der Waals surface area contributed by atoms with Crippen LogP contribution in [0.1, 0.15) is 26.7 Å². The molecule has 1 aliphatic rings. The number of rotatable bonds is 4. The van der Waals surface area contributed by atoms with Crippen molar-refractivity contribution in [2.24, 2.45) is 5.92 Å². The van der Waals surface area contributed by atoms with Crippen molar-refractivity contribution >= 4 is 5.91 Å². The Morgan fingerprint density at radius 1 is 1.60 bits per heavy atom. The average Bonchev–Trinajstić information content (AvgIpc) is 2.69. The van der Waals surface area contributed by atoms with Crippen LogP contribution >= 0.6 is 0 Å². The molecule has 0 aromatic heterocycles. The molecule has 1 atom stereocenters. The molecule has 15 heavy (non-hydrogen) atoms. The van der Waals surface area contributed by atoms with Crippen molar-refractivity contribution in [2.75, 3.05) is 26.7 Å². The Bertz CT molecular complexity index is 223. The maximum atomic E-state index is 11.9. The maximum Gasteiger partial charge on any atom is 0.223 e. The third-order valence-corrected chi connectivity index (χ3v) is 3.29. The van der Waals surface area contributed by atoms with Crippen LogP contribution in [-0.4, -0.2) is 48.2 Å². The van der Waals surface area contributed by atoms with Gasteiger partial charge in [0.1, 0.15) is 0 Å². The average molecular weight is 214 g/mol. The molecule has 0 radical (unpaired) electrons. The van der Waals surface area contributed by atoms with Crippen LogP contribution in [0.2, 0.25) is 0 Å². The predicted molar refractivity (Wildman–Crippen MR) is 59.5 cm³/mol. The van der Waals surface area contributed by atoms with Gasteiger partial charge in [-0.3, -0.25) is 4.79 Å². The number of hydrogen-bond acceptors (Lipinski definition) is 3. The second-order valence-electron chi connectivity index (χ2n) is 4.99. The van der Waals surface area contributed by atoms with Crippen molar-refractivity contribution < 1.29 is 9.90 Å². The van der Waals surface area contributed by atoms with E-state index in [2.05, 4.69) is 5.32 Å². The third-order valence-electron chi connectivity index (χ3n) is 3.29. The van der Waals surface area contributed by atoms with Gasteiger partial charge in [0, 0.05) is 13.5 Å². The van der Waals surface area contributed by atoms with Crippen molar-refractivity contribution in [3.05, 3.63) is 0 Å². The number of carbonyl (C=O) groups is 1. The summed E-state index contributed by atoms with van der Waals surface area (Å²) in [5.41, 5.74) is -0.455. The Morgan fingerprint density at radius 2 is 2.27 bits per heavy atom. The Kier molecular flexibility index (Phi) is 4.11. The SMILES string of the molecule is CN(C(=O)CC1CCNC1)C(C)(C)CO. The number of nitrogens with one attached hydrogen (secondary N) is 1. The number of amides is 1. The zero-order chi connectivity index (χ0) is 11.5. The molecule has 4 heteroatoms. The molecule has 1 heterocycles. The minimum atomic E-state index is -0.455. The molecule has 2 N–H and O–H groups in total. The molecule has 1 aliphatic heterocycles. The van der Waals surface area contributed by atoms with E-state index in [0.717, 1.165) is 19.5 Å². The normalized spacial score (nSPS) is 21.7. The van der Waals surface area contributed by atoms with Crippen LogP contribution in [0.4, 0.5) is 0 Å². The maximum absolute atomic E-state index is 11.9. The topological polar surface area (TPSA) is 52.6 Å². The Morgan fingerprint density at radius 3 is 2.73 bits per heavy atom. The summed E-state index contributed by atoms with van der Waals surface area (Å²) < 4.78 is 0. The zero-order valence-electron chi connectivity index (χ0n) is 9.92. The van der Waals surface area contributed by atoms with Crippen LogP contribution in [0.25, 0.3) is 0 Å². The molecule has 1 fully saturated rings. The van der Waals surface area contributed by atoms with Crippen LogP contribution in [0.15, 0.2) is 0 Å². The fraction of sp³-hybridized carbons (Fsp3) is 0.909. The van der Waals surface area contributed by atoms with E-state index >= 15 is 0 Å². The van der Waals surface area contributed by atoms with Gasteiger partial charge in [0.2, 0.25) is 5.91 Å². The first-order chi connectivity index (χ1) is 6.97. The van der Waals surface area contributed by atoms with Crippen molar-refractivity contribution in [1.82, 2.24) is 10.2 Å². The van der Waals surface area contributed by atoms with Crippen LogP contribution in [-0.2, 0) is 4.79 Å². The predicted octanol–water partition coefficient (Wildman–Crippen LogP) is 0.215. The highest BCUT2D eigenvalue weighted by atomic mass is 16.3. The molecule has 88 valence electrons. The van der Waals surface area contributed by atoms with Crippen LogP contribution in [0, 0.1) is 5.92 Å². The zero-order valence-corrected chi connectivity index (χ0v) is 9.92. The van der Waals surface area contributed by atoms with Crippen molar-refractivity contribution in [3.8, 4) is 0 Å². The summed E-state index contributed by atoms with van der Waals surface area (Å²) in [7, 11) is 1.76. The molecule has 0 spiro atoms. The molecule has 1 saturated heterocycles. The van der Waals surface area contributed by atoms with E-state index < -0.39 is 5.54 Å². The lowest BCUT2D eigenvalue weighted by molar-refractivity contribution is -0.136. The van der Waals surface area contributed by atoms with E-state index in [4.69, 9.17) is 5.11 Å². The van der Waals surface area contributed by atoms with Gasteiger partial charge in [-0.25, -0.2) is 0 Å². The number of hydrogen-bond donors (Lipinski definition) is 2. The van der Waals surface area contributed by atoms with E-state index in [-0.39, 0.29) is 12.5 Å². The fourth-order valence-corrected chi connectivity index (χ4v) is 1.72. The molecule has 0 aromatic rings. The molecule has 1 rings (SSSR count). The van der Waals surface area contributed by atoms with Gasteiger partial charge in [0.25, 0.3) is 0 Å². The van der Waals surface area contributed by atoms with Gasteiger partial charge >= 0.3 is 0 Å². The summed E-state index contributed by atoms with van der Waals surface area (Å²) >= 11 is 0. The molecule has 0 bridgehead atoms. The number of carbonyl (C=O) groups excluding carboxylic acids is 1. The van der Waals surface area contributed by atoms with Gasteiger partial charge in [0.15, 0.2) is 0 Å². The van der Waals surface area contributed by atoms with Gasteiger partial charge in [0.05, 0.1) is 12.1 Å². The summed E-state index contributed by atoms with van der Waals surface area (Å²) in [5, 5.41) is 12.4. The van der Waals surface area contributed by atoms with Crippen molar-refractivity contribution in [3.63, 3.8) is 0 Å². The molecule has 1 unspecified atom stereocenters. The highest BCUT2D eigenvalue weighted by Crippen LogP contribution is 2.18. The standard InChI is InChI=1S/C11H22N2O2/c1-11(2,8-14)13(3)10(15)6-9-4-5-12-7-9/h9,12,14H,4-8H2,1-3H3. The van der Waals surface area contributed by atoms with Gasteiger partial charge in [-0.05, 0) is 39.3 Å². The summed E-state index contributed by atoms with van der Waals surface area (Å²) in [6.45, 7) is 5.71. The highest BCUT2D eigenvalue weighted by molar-refractivity contribution is 5.77. The Labute approximate surface area is 91.6 Å². The first-order valence-corrected chi connectivity index (χ1v) is 5.55. The highest BCUT2D eigenvalue weighted by Gasteiger charge is 2.28. The summed E-state index contributed by atoms with van der Waals surface area (Å²) in [4.78, 5) is 13.5. The Balaban J connectivity index is 2.45. The summed E-state index contributed by atoms with van der Waals surface area (Å²) in [5.74, 6) is 0.595. The lowest BCUT2D eigenvalue weighted by atomic mass is 10.0. The van der Waals surface area contributed by atoms with Crippen LogP contribution in [0.3, 0.4) is 0 Å². The van der Waals surface area contributed by atoms with Crippen LogP contribution < -0.4 is 5.32 Å². The molecule has 0 aliphatic carbocycles. The first kappa shape index (κ1) is 12.5. The molecule has 0 saturated carbocycles. The van der Waals surface area contributed by atoms with E-state index in [9.17, 15) is 4.79 Å². The Hall–Kier alpha value is -0.610. The van der Waals surface area contributed by atoms with Crippen LogP contribution in [0.5, 0.6) is 0 Å². The van der Waals surface area contributed by atoms with Gasteiger partial charge in [-0.1, -0.05) is 0 Å². The van der Waals surface area contributed by atoms with E-state index in [0.29, 0.717) is 12.3 Å². The van der Waals surface area contributed by atoms with Gasteiger partial charge in [-0.15, -0.1) is 0 Å². The molecule has 0 aromatic carbocycles. The lowest BCUT2D eigenvalue weighted by Crippen LogP contribution is -2.48. The molecular formula is C11H22N2O2. The third kappa shape index (κ3) is 3.18. The second kappa shape index (κ2) is 4.94. The van der Waals surface area contributed by atoms with E-state index in [1.807, 2.05) is 13.8 Å². The number of likely N-dealkylation sites (N-methyl/N-ethyl adjacent to an activating group) is 1. The molecular weight excluding hydrogens is 192 g/mol. The smallest absolute Gasteiger partial charge is 0.223 e. The minimum absolute atomic E-state index is 0.00183.